The summed E-state index contributed by atoms with van der Waals surface area (Å²) in [6, 6.07) is 4.06. The number of rotatable bonds is 5. The molecular weight excluding hydrogens is 232 g/mol. The monoisotopic (exact) mass is 250 g/mol. The van der Waals surface area contributed by atoms with Gasteiger partial charge in [0.1, 0.15) is 5.76 Å². The lowest BCUT2D eigenvalue weighted by Crippen LogP contribution is -2.22. The molecule has 0 saturated carbocycles. The number of aryl methyl sites for hydroxylation is 1. The van der Waals surface area contributed by atoms with Crippen LogP contribution >= 0.6 is 11.3 Å². The third-order valence-corrected chi connectivity index (χ3v) is 3.75. The van der Waals surface area contributed by atoms with Gasteiger partial charge in [0.05, 0.1) is 10.6 Å². The molecule has 0 saturated heterocycles. The summed E-state index contributed by atoms with van der Waals surface area (Å²) in [5, 5.41) is 2.04. The van der Waals surface area contributed by atoms with Gasteiger partial charge in [-0.05, 0) is 31.5 Å². The maximum absolute atomic E-state index is 5.72. The van der Waals surface area contributed by atoms with E-state index in [2.05, 4.69) is 23.7 Å². The minimum Gasteiger partial charge on any atom is -0.440 e. The number of oxazole rings is 1. The molecule has 0 N–H and O–H groups in total. The molecule has 4 heteroatoms. The van der Waals surface area contributed by atoms with Crippen LogP contribution < -0.4 is 0 Å². The normalized spacial score (nSPS) is 11.3. The van der Waals surface area contributed by atoms with E-state index in [-0.39, 0.29) is 0 Å². The van der Waals surface area contributed by atoms with Gasteiger partial charge in [0.2, 0.25) is 5.89 Å². The first-order valence-corrected chi connectivity index (χ1v) is 6.85. The third kappa shape index (κ3) is 2.76. The Morgan fingerprint density at radius 1 is 1.35 bits per heavy atom. The molecule has 2 heterocycles. The Hall–Kier alpha value is -1.13. The van der Waals surface area contributed by atoms with Crippen LogP contribution in [-0.4, -0.2) is 23.0 Å². The van der Waals surface area contributed by atoms with Crippen molar-refractivity contribution in [2.24, 2.45) is 0 Å². The van der Waals surface area contributed by atoms with Crippen molar-refractivity contribution in [3.8, 4) is 10.8 Å². The van der Waals surface area contributed by atoms with E-state index >= 15 is 0 Å². The summed E-state index contributed by atoms with van der Waals surface area (Å²) in [5.74, 6) is 1.68. The minimum atomic E-state index is 0.750. The quantitative estimate of drug-likeness (QED) is 0.812. The molecule has 2 aromatic rings. The summed E-state index contributed by atoms with van der Waals surface area (Å²) in [6.45, 7) is 9.27. The molecule has 0 aliphatic carbocycles. The number of hydrogen-bond donors (Lipinski definition) is 0. The molecule has 0 aromatic carbocycles. The van der Waals surface area contributed by atoms with Crippen molar-refractivity contribution in [1.29, 1.82) is 0 Å². The van der Waals surface area contributed by atoms with Crippen LogP contribution in [0, 0.1) is 6.92 Å². The zero-order valence-corrected chi connectivity index (χ0v) is 11.4. The van der Waals surface area contributed by atoms with Crippen LogP contribution in [0.4, 0.5) is 0 Å². The maximum Gasteiger partial charge on any atom is 0.236 e. The summed E-state index contributed by atoms with van der Waals surface area (Å²) in [7, 11) is 0. The number of aromatic nitrogens is 1. The maximum atomic E-state index is 5.72. The molecular formula is C13H18N2OS. The smallest absolute Gasteiger partial charge is 0.236 e. The first-order valence-electron chi connectivity index (χ1n) is 5.97. The average molecular weight is 250 g/mol. The SMILES string of the molecule is CCN(CC)Cc1nc(-c2cccs2)oc1C. The molecule has 0 unspecified atom stereocenters. The summed E-state index contributed by atoms with van der Waals surface area (Å²) in [6.07, 6.45) is 0. The van der Waals surface area contributed by atoms with Crippen molar-refractivity contribution in [2.75, 3.05) is 13.1 Å². The molecule has 0 atom stereocenters. The Labute approximate surface area is 106 Å². The Bertz CT molecular complexity index is 458. The first-order chi connectivity index (χ1) is 8.24. The van der Waals surface area contributed by atoms with Crippen LogP contribution in [0.5, 0.6) is 0 Å². The van der Waals surface area contributed by atoms with Crippen molar-refractivity contribution in [2.45, 2.75) is 27.3 Å². The van der Waals surface area contributed by atoms with Gasteiger partial charge >= 0.3 is 0 Å². The predicted octanol–water partition coefficient (Wildman–Crippen LogP) is 3.55. The molecule has 0 radical (unpaired) electrons. The topological polar surface area (TPSA) is 29.3 Å². The van der Waals surface area contributed by atoms with E-state index < -0.39 is 0 Å². The highest BCUT2D eigenvalue weighted by Crippen LogP contribution is 2.26. The molecule has 0 fully saturated rings. The number of nitrogens with zero attached hydrogens (tertiary/aromatic N) is 2. The second kappa shape index (κ2) is 5.47. The molecule has 0 bridgehead atoms. The zero-order valence-electron chi connectivity index (χ0n) is 10.6. The lowest BCUT2D eigenvalue weighted by Gasteiger charge is -2.16. The standard InChI is InChI=1S/C13H18N2OS/c1-4-15(5-2)9-11-10(3)16-13(14-11)12-7-6-8-17-12/h6-8H,4-5,9H2,1-3H3. The summed E-state index contributed by atoms with van der Waals surface area (Å²) in [4.78, 5) is 8.02. The highest BCUT2D eigenvalue weighted by Gasteiger charge is 2.13. The fourth-order valence-corrected chi connectivity index (χ4v) is 2.39. The summed E-state index contributed by atoms with van der Waals surface area (Å²) in [5.41, 5.74) is 1.05. The molecule has 92 valence electrons. The van der Waals surface area contributed by atoms with Gasteiger partial charge in [0.25, 0.3) is 0 Å². The van der Waals surface area contributed by atoms with E-state index in [1.807, 2.05) is 24.4 Å². The molecule has 0 spiro atoms. The zero-order chi connectivity index (χ0) is 12.3. The predicted molar refractivity (Wildman–Crippen MR) is 71.2 cm³/mol. The van der Waals surface area contributed by atoms with Gasteiger partial charge in [-0.15, -0.1) is 11.3 Å². The van der Waals surface area contributed by atoms with E-state index in [0.717, 1.165) is 41.9 Å². The van der Waals surface area contributed by atoms with Crippen molar-refractivity contribution in [3.05, 3.63) is 29.0 Å². The van der Waals surface area contributed by atoms with E-state index in [4.69, 9.17) is 4.42 Å². The fourth-order valence-electron chi connectivity index (χ4n) is 1.74. The van der Waals surface area contributed by atoms with Crippen LogP contribution in [0.3, 0.4) is 0 Å². The molecule has 3 nitrogen and oxygen atoms in total. The lowest BCUT2D eigenvalue weighted by molar-refractivity contribution is 0.291. The van der Waals surface area contributed by atoms with E-state index in [9.17, 15) is 0 Å². The lowest BCUT2D eigenvalue weighted by atomic mass is 10.3. The highest BCUT2D eigenvalue weighted by molar-refractivity contribution is 7.13. The van der Waals surface area contributed by atoms with Crippen LogP contribution in [-0.2, 0) is 6.54 Å². The molecule has 2 rings (SSSR count). The van der Waals surface area contributed by atoms with Crippen molar-refractivity contribution >= 4 is 11.3 Å². The van der Waals surface area contributed by atoms with Crippen LogP contribution in [0.2, 0.25) is 0 Å². The molecule has 2 aromatic heterocycles. The number of hydrogen-bond acceptors (Lipinski definition) is 4. The minimum absolute atomic E-state index is 0.750. The van der Waals surface area contributed by atoms with Crippen LogP contribution in [0.15, 0.2) is 21.9 Å². The van der Waals surface area contributed by atoms with Gasteiger partial charge in [0, 0.05) is 6.54 Å². The van der Waals surface area contributed by atoms with Gasteiger partial charge in [-0.2, -0.15) is 0 Å². The van der Waals surface area contributed by atoms with Crippen LogP contribution in [0.25, 0.3) is 10.8 Å². The largest absolute Gasteiger partial charge is 0.440 e. The molecule has 0 aliphatic rings. The average Bonchev–Trinajstić information content (AvgIpc) is 2.95. The van der Waals surface area contributed by atoms with E-state index in [1.54, 1.807) is 11.3 Å². The van der Waals surface area contributed by atoms with Gasteiger partial charge in [-0.25, -0.2) is 4.98 Å². The third-order valence-electron chi connectivity index (χ3n) is 2.89. The molecule has 17 heavy (non-hydrogen) atoms. The first kappa shape index (κ1) is 12.3. The Balaban J connectivity index is 2.19. The van der Waals surface area contributed by atoms with E-state index in [1.165, 1.54) is 0 Å². The van der Waals surface area contributed by atoms with Crippen LogP contribution in [0.1, 0.15) is 25.3 Å². The fraction of sp³-hybridized carbons (Fsp3) is 0.462. The molecule has 0 amide bonds. The van der Waals surface area contributed by atoms with E-state index in [0.29, 0.717) is 0 Å². The summed E-state index contributed by atoms with van der Waals surface area (Å²) >= 11 is 1.66. The number of thiophene rings is 1. The second-order valence-corrected chi connectivity index (χ2v) is 4.91. The Morgan fingerprint density at radius 2 is 2.12 bits per heavy atom. The molecule has 0 aliphatic heterocycles. The van der Waals surface area contributed by atoms with Crippen molar-refractivity contribution < 1.29 is 4.42 Å². The van der Waals surface area contributed by atoms with Gasteiger partial charge < -0.3 is 4.42 Å². The van der Waals surface area contributed by atoms with Crippen molar-refractivity contribution in [3.63, 3.8) is 0 Å². The highest BCUT2D eigenvalue weighted by atomic mass is 32.1. The Morgan fingerprint density at radius 3 is 2.71 bits per heavy atom. The van der Waals surface area contributed by atoms with Gasteiger partial charge in [-0.1, -0.05) is 19.9 Å². The Kier molecular flexibility index (Phi) is 3.97. The second-order valence-electron chi connectivity index (χ2n) is 3.96. The van der Waals surface area contributed by atoms with Crippen molar-refractivity contribution in [1.82, 2.24) is 9.88 Å². The van der Waals surface area contributed by atoms with Gasteiger partial charge in [-0.3, -0.25) is 4.90 Å². The summed E-state index contributed by atoms with van der Waals surface area (Å²) < 4.78 is 5.72. The van der Waals surface area contributed by atoms with Gasteiger partial charge in [0.15, 0.2) is 0 Å².